The van der Waals surface area contributed by atoms with E-state index in [-0.39, 0.29) is 9.79 Å². The summed E-state index contributed by atoms with van der Waals surface area (Å²) < 4.78 is 30.7. The zero-order chi connectivity index (χ0) is 17.0. The molecule has 0 bridgehead atoms. The Hall–Kier alpha value is -2.30. The number of hydrogen-bond donors (Lipinski definition) is 0. The Morgan fingerprint density at radius 2 is 1.46 bits per heavy atom. The van der Waals surface area contributed by atoms with Gasteiger partial charge in [-0.25, -0.2) is 8.42 Å². The van der Waals surface area contributed by atoms with Crippen LogP contribution in [0.3, 0.4) is 0 Å². The van der Waals surface area contributed by atoms with Gasteiger partial charge >= 0.3 is 0 Å². The maximum atomic E-state index is 12.5. The van der Waals surface area contributed by atoms with E-state index in [0.717, 1.165) is 5.56 Å². The van der Waals surface area contributed by atoms with E-state index in [4.69, 9.17) is 16.3 Å². The van der Waals surface area contributed by atoms with Crippen molar-refractivity contribution in [1.29, 1.82) is 0 Å². The average molecular weight is 359 g/mol. The lowest BCUT2D eigenvalue weighted by Crippen LogP contribution is -2.02. The maximum absolute atomic E-state index is 12.5. The van der Waals surface area contributed by atoms with Gasteiger partial charge in [-0.15, -0.1) is 0 Å². The van der Waals surface area contributed by atoms with E-state index in [0.29, 0.717) is 17.4 Å². The predicted octanol–water partition coefficient (Wildman–Crippen LogP) is 4.75. The van der Waals surface area contributed by atoms with Gasteiger partial charge in [0.05, 0.1) is 9.79 Å². The van der Waals surface area contributed by atoms with E-state index in [1.807, 2.05) is 12.1 Å². The molecule has 0 atom stereocenters. The third kappa shape index (κ3) is 3.78. The fraction of sp³-hybridized carbons (Fsp3) is 0.0526. The van der Waals surface area contributed by atoms with Crippen LogP contribution in [-0.4, -0.2) is 8.42 Å². The van der Waals surface area contributed by atoms with Crippen molar-refractivity contribution in [3.63, 3.8) is 0 Å². The van der Waals surface area contributed by atoms with Crippen molar-refractivity contribution in [2.45, 2.75) is 16.4 Å². The van der Waals surface area contributed by atoms with Gasteiger partial charge in [0.25, 0.3) is 0 Å². The number of benzene rings is 3. The molecule has 0 radical (unpaired) electrons. The van der Waals surface area contributed by atoms with Crippen LogP contribution in [0.25, 0.3) is 0 Å². The lowest BCUT2D eigenvalue weighted by Gasteiger charge is -2.08. The van der Waals surface area contributed by atoms with Gasteiger partial charge in [0, 0.05) is 5.02 Å². The Kier molecular flexibility index (Phi) is 4.88. The smallest absolute Gasteiger partial charge is 0.206 e. The summed E-state index contributed by atoms with van der Waals surface area (Å²) in [5.74, 6) is 0.670. The Morgan fingerprint density at radius 1 is 0.792 bits per heavy atom. The summed E-state index contributed by atoms with van der Waals surface area (Å²) in [6.45, 7) is 0.339. The fourth-order valence-electron chi connectivity index (χ4n) is 2.22. The van der Waals surface area contributed by atoms with Gasteiger partial charge in [-0.05, 0) is 48.0 Å². The van der Waals surface area contributed by atoms with Crippen LogP contribution in [0.5, 0.6) is 5.75 Å². The first-order valence-corrected chi connectivity index (χ1v) is 9.19. The summed E-state index contributed by atoms with van der Waals surface area (Å²) >= 11 is 5.91. The van der Waals surface area contributed by atoms with Gasteiger partial charge in [-0.1, -0.05) is 48.0 Å². The summed E-state index contributed by atoms with van der Waals surface area (Å²) in [4.78, 5) is 0.549. The van der Waals surface area contributed by atoms with Gasteiger partial charge in [0.2, 0.25) is 9.84 Å². The summed E-state index contributed by atoms with van der Waals surface area (Å²) in [6, 6.07) is 22.2. The Morgan fingerprint density at radius 3 is 2.12 bits per heavy atom. The SMILES string of the molecule is O=S(=O)(c1ccccc1)c1ccc(COc2cccc(Cl)c2)cc1. The first-order valence-electron chi connectivity index (χ1n) is 7.33. The summed E-state index contributed by atoms with van der Waals surface area (Å²) in [5, 5.41) is 0.608. The fourth-order valence-corrected chi connectivity index (χ4v) is 3.69. The van der Waals surface area contributed by atoms with Crippen LogP contribution in [-0.2, 0) is 16.4 Å². The molecule has 0 heterocycles. The quantitative estimate of drug-likeness (QED) is 0.661. The highest BCUT2D eigenvalue weighted by molar-refractivity contribution is 7.91. The highest BCUT2D eigenvalue weighted by Gasteiger charge is 2.16. The minimum absolute atomic E-state index is 0.264. The van der Waals surface area contributed by atoms with Crippen LogP contribution in [0, 0.1) is 0 Å². The van der Waals surface area contributed by atoms with Gasteiger partial charge in [-0.2, -0.15) is 0 Å². The average Bonchev–Trinajstić information content (AvgIpc) is 2.61. The molecule has 0 aliphatic carbocycles. The summed E-state index contributed by atoms with van der Waals surface area (Å²) in [5.41, 5.74) is 0.877. The first kappa shape index (κ1) is 16.6. The van der Waals surface area contributed by atoms with E-state index in [1.165, 1.54) is 0 Å². The lowest BCUT2D eigenvalue weighted by atomic mass is 10.2. The third-order valence-electron chi connectivity index (χ3n) is 3.49. The molecule has 3 aromatic carbocycles. The molecule has 3 aromatic rings. The molecule has 5 heteroatoms. The molecule has 122 valence electrons. The van der Waals surface area contributed by atoms with Crippen LogP contribution in [0.1, 0.15) is 5.56 Å². The summed E-state index contributed by atoms with van der Waals surface area (Å²) in [6.07, 6.45) is 0. The number of sulfone groups is 1. The molecule has 0 saturated heterocycles. The van der Waals surface area contributed by atoms with E-state index in [1.54, 1.807) is 66.7 Å². The van der Waals surface area contributed by atoms with Crippen LogP contribution >= 0.6 is 11.6 Å². The number of rotatable bonds is 5. The van der Waals surface area contributed by atoms with Crippen molar-refractivity contribution < 1.29 is 13.2 Å². The van der Waals surface area contributed by atoms with Crippen molar-refractivity contribution >= 4 is 21.4 Å². The molecule has 0 saturated carbocycles. The molecule has 0 aliphatic rings. The van der Waals surface area contributed by atoms with E-state index < -0.39 is 9.84 Å². The highest BCUT2D eigenvalue weighted by atomic mass is 35.5. The second kappa shape index (κ2) is 7.07. The van der Waals surface area contributed by atoms with Crippen molar-refractivity contribution in [1.82, 2.24) is 0 Å². The molecular weight excluding hydrogens is 344 g/mol. The number of ether oxygens (including phenoxy) is 1. The monoisotopic (exact) mass is 358 g/mol. The molecule has 3 rings (SSSR count). The van der Waals surface area contributed by atoms with Crippen LogP contribution in [0.4, 0.5) is 0 Å². The zero-order valence-corrected chi connectivity index (χ0v) is 14.3. The molecule has 0 fully saturated rings. The second-order valence-electron chi connectivity index (χ2n) is 5.21. The lowest BCUT2D eigenvalue weighted by molar-refractivity contribution is 0.306. The topological polar surface area (TPSA) is 43.4 Å². The van der Waals surface area contributed by atoms with Crippen molar-refractivity contribution in [2.24, 2.45) is 0 Å². The molecule has 0 spiro atoms. The molecule has 0 unspecified atom stereocenters. The Balaban J connectivity index is 1.74. The third-order valence-corrected chi connectivity index (χ3v) is 5.51. The largest absolute Gasteiger partial charge is 0.489 e. The summed E-state index contributed by atoms with van der Waals surface area (Å²) in [7, 11) is -3.49. The van der Waals surface area contributed by atoms with E-state index in [2.05, 4.69) is 0 Å². The molecule has 0 aromatic heterocycles. The zero-order valence-electron chi connectivity index (χ0n) is 12.7. The minimum Gasteiger partial charge on any atom is -0.489 e. The second-order valence-corrected chi connectivity index (χ2v) is 7.59. The molecule has 3 nitrogen and oxygen atoms in total. The van der Waals surface area contributed by atoms with Gasteiger partial charge in [0.1, 0.15) is 12.4 Å². The van der Waals surface area contributed by atoms with Crippen LogP contribution in [0.15, 0.2) is 88.7 Å². The normalized spacial score (nSPS) is 11.2. The van der Waals surface area contributed by atoms with E-state index in [9.17, 15) is 8.42 Å². The predicted molar refractivity (Wildman–Crippen MR) is 94.1 cm³/mol. The van der Waals surface area contributed by atoms with Gasteiger partial charge in [-0.3, -0.25) is 0 Å². The number of halogens is 1. The minimum atomic E-state index is -3.49. The highest BCUT2D eigenvalue weighted by Crippen LogP contribution is 2.22. The van der Waals surface area contributed by atoms with Crippen molar-refractivity contribution in [3.05, 3.63) is 89.4 Å². The molecular formula is C19H15ClO3S. The van der Waals surface area contributed by atoms with Gasteiger partial charge in [0.15, 0.2) is 0 Å². The van der Waals surface area contributed by atoms with Crippen molar-refractivity contribution in [2.75, 3.05) is 0 Å². The Labute approximate surface area is 146 Å². The molecule has 24 heavy (non-hydrogen) atoms. The van der Waals surface area contributed by atoms with Crippen molar-refractivity contribution in [3.8, 4) is 5.75 Å². The van der Waals surface area contributed by atoms with E-state index >= 15 is 0 Å². The van der Waals surface area contributed by atoms with Crippen LogP contribution in [0.2, 0.25) is 5.02 Å². The standard InChI is InChI=1S/C19H15ClO3S/c20-16-5-4-6-17(13-16)23-14-15-9-11-19(12-10-15)24(21,22)18-7-2-1-3-8-18/h1-13H,14H2. The molecule has 0 aliphatic heterocycles. The Bertz CT molecular complexity index is 920. The maximum Gasteiger partial charge on any atom is 0.206 e. The number of hydrogen-bond acceptors (Lipinski definition) is 3. The van der Waals surface area contributed by atoms with Gasteiger partial charge < -0.3 is 4.74 Å². The first-order chi connectivity index (χ1) is 11.6. The molecule has 0 N–H and O–H groups in total. The molecule has 0 amide bonds. The van der Waals surface area contributed by atoms with Crippen LogP contribution < -0.4 is 4.74 Å².